The van der Waals surface area contributed by atoms with Crippen molar-refractivity contribution in [2.24, 2.45) is 0 Å². The van der Waals surface area contributed by atoms with Gasteiger partial charge in [0.25, 0.3) is 5.91 Å². The van der Waals surface area contributed by atoms with Gasteiger partial charge >= 0.3 is 0 Å². The van der Waals surface area contributed by atoms with Gasteiger partial charge in [-0.3, -0.25) is 4.79 Å². The molecule has 0 bridgehead atoms. The van der Waals surface area contributed by atoms with Crippen LogP contribution in [-0.2, 0) is 4.74 Å². The molecule has 100 valence electrons. The average Bonchev–Trinajstić information content (AvgIpc) is 2.33. The lowest BCUT2D eigenvalue weighted by Gasteiger charge is -2.17. The molecule has 0 saturated carbocycles. The van der Waals surface area contributed by atoms with Crippen LogP contribution in [0.5, 0.6) is 0 Å². The minimum atomic E-state index is -0.139. The lowest BCUT2D eigenvalue weighted by molar-refractivity contribution is 0.0891. The van der Waals surface area contributed by atoms with Crippen LogP contribution in [0.2, 0.25) is 5.02 Å². The number of hydrogen-bond donors (Lipinski definition) is 1. The molecule has 0 heterocycles. The fourth-order valence-electron chi connectivity index (χ4n) is 1.68. The summed E-state index contributed by atoms with van der Waals surface area (Å²) in [6.45, 7) is 2.59. The van der Waals surface area contributed by atoms with E-state index in [1.54, 1.807) is 25.3 Å². The second-order valence-corrected chi connectivity index (χ2v) is 5.33. The number of carbonyl (C=O) groups excluding carboxylic acids is 1. The van der Waals surface area contributed by atoms with E-state index >= 15 is 0 Å². The van der Waals surface area contributed by atoms with Crippen LogP contribution >= 0.6 is 27.5 Å². The summed E-state index contributed by atoms with van der Waals surface area (Å²) in [5.74, 6) is -0.139. The van der Waals surface area contributed by atoms with Crippen LogP contribution in [0.25, 0.3) is 0 Å². The zero-order chi connectivity index (χ0) is 13.5. The van der Waals surface area contributed by atoms with Gasteiger partial charge in [-0.1, -0.05) is 24.9 Å². The first kappa shape index (κ1) is 15.5. The highest BCUT2D eigenvalue weighted by Crippen LogP contribution is 2.21. The van der Waals surface area contributed by atoms with E-state index in [2.05, 4.69) is 28.2 Å². The number of rotatable bonds is 6. The summed E-state index contributed by atoms with van der Waals surface area (Å²) in [6.07, 6.45) is 1.88. The van der Waals surface area contributed by atoms with Gasteiger partial charge in [0.2, 0.25) is 0 Å². The Balaban J connectivity index is 2.76. The standard InChI is InChI=1S/C13H17BrClNO2/c1-3-4-10(8-18-2)16-13(17)11-7-9(15)5-6-12(11)14/h5-7,10H,3-4,8H2,1-2H3,(H,16,17). The largest absolute Gasteiger partial charge is 0.383 e. The van der Waals surface area contributed by atoms with E-state index in [9.17, 15) is 4.79 Å². The van der Waals surface area contributed by atoms with E-state index in [-0.39, 0.29) is 11.9 Å². The van der Waals surface area contributed by atoms with Gasteiger partial charge < -0.3 is 10.1 Å². The number of amides is 1. The molecule has 0 radical (unpaired) electrons. The van der Waals surface area contributed by atoms with Crippen molar-refractivity contribution in [1.29, 1.82) is 0 Å². The molecule has 0 aliphatic rings. The van der Waals surface area contributed by atoms with Crippen molar-refractivity contribution in [2.75, 3.05) is 13.7 Å². The summed E-state index contributed by atoms with van der Waals surface area (Å²) in [5.41, 5.74) is 0.541. The molecule has 1 amide bonds. The van der Waals surface area contributed by atoms with Gasteiger partial charge in [0, 0.05) is 16.6 Å². The molecular formula is C13H17BrClNO2. The lowest BCUT2D eigenvalue weighted by atomic mass is 10.1. The van der Waals surface area contributed by atoms with Crippen LogP contribution in [0.1, 0.15) is 30.1 Å². The van der Waals surface area contributed by atoms with Crippen molar-refractivity contribution >= 4 is 33.4 Å². The molecule has 1 aromatic carbocycles. The predicted octanol–water partition coefficient (Wildman–Crippen LogP) is 3.65. The van der Waals surface area contributed by atoms with Gasteiger partial charge in [-0.15, -0.1) is 0 Å². The van der Waals surface area contributed by atoms with Crippen LogP contribution in [0.4, 0.5) is 0 Å². The Kier molecular flexibility index (Phi) is 6.68. The zero-order valence-electron chi connectivity index (χ0n) is 10.5. The Morgan fingerprint density at radius 1 is 1.56 bits per heavy atom. The highest BCUT2D eigenvalue weighted by Gasteiger charge is 2.15. The van der Waals surface area contributed by atoms with Crippen molar-refractivity contribution in [2.45, 2.75) is 25.8 Å². The second kappa shape index (κ2) is 7.77. The molecule has 0 aromatic heterocycles. The van der Waals surface area contributed by atoms with Gasteiger partial charge in [-0.05, 0) is 40.5 Å². The summed E-state index contributed by atoms with van der Waals surface area (Å²) in [7, 11) is 1.63. The molecule has 1 aromatic rings. The fourth-order valence-corrected chi connectivity index (χ4v) is 2.28. The van der Waals surface area contributed by atoms with E-state index in [1.807, 2.05) is 0 Å². The fraction of sp³-hybridized carbons (Fsp3) is 0.462. The van der Waals surface area contributed by atoms with E-state index in [0.717, 1.165) is 17.3 Å². The number of benzene rings is 1. The normalized spacial score (nSPS) is 12.2. The molecule has 5 heteroatoms. The summed E-state index contributed by atoms with van der Waals surface area (Å²) >= 11 is 9.24. The predicted molar refractivity (Wildman–Crippen MR) is 77.2 cm³/mol. The van der Waals surface area contributed by atoms with Crippen LogP contribution in [-0.4, -0.2) is 25.7 Å². The third-order valence-electron chi connectivity index (χ3n) is 2.51. The highest BCUT2D eigenvalue weighted by molar-refractivity contribution is 9.10. The first-order chi connectivity index (χ1) is 8.58. The summed E-state index contributed by atoms with van der Waals surface area (Å²) in [5, 5.41) is 3.49. The van der Waals surface area contributed by atoms with Gasteiger partial charge in [0.1, 0.15) is 0 Å². The summed E-state index contributed by atoms with van der Waals surface area (Å²) in [6, 6.07) is 5.18. The van der Waals surface area contributed by atoms with Crippen LogP contribution in [0, 0.1) is 0 Å². The number of methoxy groups -OCH3 is 1. The number of hydrogen-bond acceptors (Lipinski definition) is 2. The third kappa shape index (κ3) is 4.59. The maximum absolute atomic E-state index is 12.1. The van der Waals surface area contributed by atoms with Gasteiger partial charge in [0.15, 0.2) is 0 Å². The summed E-state index contributed by atoms with van der Waals surface area (Å²) in [4.78, 5) is 12.1. The van der Waals surface area contributed by atoms with Crippen molar-refractivity contribution in [3.05, 3.63) is 33.3 Å². The lowest BCUT2D eigenvalue weighted by Crippen LogP contribution is -2.38. The molecule has 0 saturated heterocycles. The van der Waals surface area contributed by atoms with Crippen molar-refractivity contribution < 1.29 is 9.53 Å². The van der Waals surface area contributed by atoms with Crippen LogP contribution in [0.15, 0.2) is 22.7 Å². The quantitative estimate of drug-likeness (QED) is 0.862. The second-order valence-electron chi connectivity index (χ2n) is 4.04. The maximum atomic E-state index is 12.1. The van der Waals surface area contributed by atoms with Crippen LogP contribution in [0.3, 0.4) is 0 Å². The first-order valence-electron chi connectivity index (χ1n) is 5.83. The molecule has 1 N–H and O–H groups in total. The van der Waals surface area contributed by atoms with Gasteiger partial charge in [-0.25, -0.2) is 0 Å². The van der Waals surface area contributed by atoms with Crippen LogP contribution < -0.4 is 5.32 Å². The molecule has 1 rings (SSSR count). The third-order valence-corrected chi connectivity index (χ3v) is 3.44. The van der Waals surface area contributed by atoms with Gasteiger partial charge in [0.05, 0.1) is 18.2 Å². The van der Waals surface area contributed by atoms with Crippen molar-refractivity contribution in [3.63, 3.8) is 0 Å². The number of ether oxygens (including phenoxy) is 1. The number of nitrogens with one attached hydrogen (secondary N) is 1. The molecule has 18 heavy (non-hydrogen) atoms. The van der Waals surface area contributed by atoms with Crippen molar-refractivity contribution in [1.82, 2.24) is 5.32 Å². The van der Waals surface area contributed by atoms with E-state index in [1.165, 1.54) is 0 Å². The smallest absolute Gasteiger partial charge is 0.252 e. The maximum Gasteiger partial charge on any atom is 0.252 e. The van der Waals surface area contributed by atoms with Crippen molar-refractivity contribution in [3.8, 4) is 0 Å². The number of halogens is 2. The zero-order valence-corrected chi connectivity index (χ0v) is 12.8. The Morgan fingerprint density at radius 3 is 2.89 bits per heavy atom. The molecule has 0 aliphatic carbocycles. The Bertz CT molecular complexity index is 406. The molecule has 1 unspecified atom stereocenters. The molecule has 3 nitrogen and oxygen atoms in total. The molecule has 0 spiro atoms. The molecular weight excluding hydrogens is 318 g/mol. The topological polar surface area (TPSA) is 38.3 Å². The Morgan fingerprint density at radius 2 is 2.28 bits per heavy atom. The minimum Gasteiger partial charge on any atom is -0.383 e. The monoisotopic (exact) mass is 333 g/mol. The van der Waals surface area contributed by atoms with E-state index in [4.69, 9.17) is 16.3 Å². The Labute approximate surface area is 121 Å². The SMILES string of the molecule is CCCC(COC)NC(=O)c1cc(Cl)ccc1Br. The molecule has 1 atom stereocenters. The molecule has 0 aliphatic heterocycles. The Hall–Kier alpha value is -0.580. The van der Waals surface area contributed by atoms with E-state index < -0.39 is 0 Å². The molecule has 0 fully saturated rings. The van der Waals surface area contributed by atoms with E-state index in [0.29, 0.717) is 17.2 Å². The number of carbonyl (C=O) groups is 1. The first-order valence-corrected chi connectivity index (χ1v) is 7.00. The minimum absolute atomic E-state index is 0.0263. The average molecular weight is 335 g/mol. The summed E-state index contributed by atoms with van der Waals surface area (Å²) < 4.78 is 5.83. The highest BCUT2D eigenvalue weighted by atomic mass is 79.9. The van der Waals surface area contributed by atoms with Gasteiger partial charge in [-0.2, -0.15) is 0 Å².